The summed E-state index contributed by atoms with van der Waals surface area (Å²) in [6.07, 6.45) is 5.86. The van der Waals surface area contributed by atoms with Crippen LogP contribution >= 0.6 is 0 Å². The molecule has 2 aliphatic rings. The van der Waals surface area contributed by atoms with Gasteiger partial charge in [-0.3, -0.25) is 4.79 Å². The molecule has 0 radical (unpaired) electrons. The average Bonchev–Trinajstić information content (AvgIpc) is 2.52. The molecule has 1 amide bonds. The van der Waals surface area contributed by atoms with E-state index in [9.17, 15) is 4.79 Å². The predicted molar refractivity (Wildman–Crippen MR) is 68.9 cm³/mol. The zero-order chi connectivity index (χ0) is 12.1. The van der Waals surface area contributed by atoms with Crippen LogP contribution in [0.5, 0.6) is 0 Å². The average molecular weight is 239 g/mol. The van der Waals surface area contributed by atoms with Crippen molar-refractivity contribution in [3.8, 4) is 0 Å². The first-order valence-electron chi connectivity index (χ1n) is 6.95. The zero-order valence-electron chi connectivity index (χ0n) is 10.9. The van der Waals surface area contributed by atoms with Gasteiger partial charge in [-0.1, -0.05) is 0 Å². The largest absolute Gasteiger partial charge is 0.355 e. The Kier molecular flexibility index (Phi) is 4.80. The first-order valence-corrected chi connectivity index (χ1v) is 6.95. The van der Waals surface area contributed by atoms with E-state index >= 15 is 0 Å². The third kappa shape index (κ3) is 3.96. The highest BCUT2D eigenvalue weighted by molar-refractivity contribution is 5.81. The number of piperidine rings is 1. The second-order valence-electron chi connectivity index (χ2n) is 5.52. The fourth-order valence-electron chi connectivity index (χ4n) is 2.88. The van der Waals surface area contributed by atoms with Crippen LogP contribution in [0.2, 0.25) is 0 Å². The van der Waals surface area contributed by atoms with Crippen LogP contribution in [0.15, 0.2) is 0 Å². The molecule has 2 unspecified atom stereocenters. The van der Waals surface area contributed by atoms with Gasteiger partial charge in [0.1, 0.15) is 0 Å². The number of likely N-dealkylation sites (tertiary alicyclic amines) is 1. The number of hydrogen-bond acceptors (Lipinski definition) is 3. The molecule has 2 atom stereocenters. The Bertz CT molecular complexity index is 257. The van der Waals surface area contributed by atoms with Crippen molar-refractivity contribution in [2.75, 3.05) is 33.2 Å². The van der Waals surface area contributed by atoms with E-state index < -0.39 is 0 Å². The molecule has 0 aliphatic carbocycles. The lowest BCUT2D eigenvalue weighted by molar-refractivity contribution is -0.122. The third-order valence-electron chi connectivity index (χ3n) is 3.91. The van der Waals surface area contributed by atoms with Crippen molar-refractivity contribution in [1.29, 1.82) is 0 Å². The standard InChI is InChI=1S/C13H25N3O/c1-16-8-4-5-11(10-16)9-15-12-6-2-3-7-14-13(12)17/h11-12,15H,2-10H2,1H3,(H,14,17). The Morgan fingerprint density at radius 1 is 1.35 bits per heavy atom. The summed E-state index contributed by atoms with van der Waals surface area (Å²) in [4.78, 5) is 14.2. The van der Waals surface area contributed by atoms with E-state index in [0.717, 1.165) is 32.4 Å². The number of nitrogens with zero attached hydrogens (tertiary/aromatic N) is 1. The Balaban J connectivity index is 1.74. The summed E-state index contributed by atoms with van der Waals surface area (Å²) in [6, 6.07) is 0.0460. The van der Waals surface area contributed by atoms with Gasteiger partial charge in [-0.25, -0.2) is 0 Å². The van der Waals surface area contributed by atoms with E-state index in [-0.39, 0.29) is 11.9 Å². The maximum atomic E-state index is 11.8. The summed E-state index contributed by atoms with van der Waals surface area (Å²) in [6.45, 7) is 4.23. The van der Waals surface area contributed by atoms with E-state index in [1.165, 1.54) is 25.9 Å². The lowest BCUT2D eigenvalue weighted by Gasteiger charge is -2.30. The Labute approximate surface area is 104 Å². The van der Waals surface area contributed by atoms with E-state index in [4.69, 9.17) is 0 Å². The summed E-state index contributed by atoms with van der Waals surface area (Å²) in [5, 5.41) is 6.44. The van der Waals surface area contributed by atoms with Crippen LogP contribution in [0.25, 0.3) is 0 Å². The number of carbonyl (C=O) groups excluding carboxylic acids is 1. The molecular formula is C13H25N3O. The number of rotatable bonds is 3. The van der Waals surface area contributed by atoms with Gasteiger partial charge in [0.05, 0.1) is 6.04 Å². The summed E-state index contributed by atoms with van der Waals surface area (Å²) in [5.74, 6) is 0.913. The molecule has 17 heavy (non-hydrogen) atoms. The number of amides is 1. The molecule has 4 nitrogen and oxygen atoms in total. The molecule has 98 valence electrons. The molecular weight excluding hydrogens is 214 g/mol. The van der Waals surface area contributed by atoms with E-state index in [1.54, 1.807) is 0 Å². The van der Waals surface area contributed by atoms with Crippen LogP contribution in [-0.4, -0.2) is 50.1 Å². The molecule has 2 aliphatic heterocycles. The third-order valence-corrected chi connectivity index (χ3v) is 3.91. The van der Waals surface area contributed by atoms with Crippen molar-refractivity contribution >= 4 is 5.91 Å². The highest BCUT2D eigenvalue weighted by Crippen LogP contribution is 2.15. The van der Waals surface area contributed by atoms with Crippen molar-refractivity contribution < 1.29 is 4.79 Å². The maximum absolute atomic E-state index is 11.8. The Morgan fingerprint density at radius 3 is 3.06 bits per heavy atom. The highest BCUT2D eigenvalue weighted by Gasteiger charge is 2.22. The van der Waals surface area contributed by atoms with Crippen LogP contribution in [0.4, 0.5) is 0 Å². The van der Waals surface area contributed by atoms with Gasteiger partial charge in [0.15, 0.2) is 0 Å². The van der Waals surface area contributed by atoms with Gasteiger partial charge < -0.3 is 15.5 Å². The van der Waals surface area contributed by atoms with Crippen molar-refractivity contribution in [3.05, 3.63) is 0 Å². The number of hydrogen-bond donors (Lipinski definition) is 2. The monoisotopic (exact) mass is 239 g/mol. The first-order chi connectivity index (χ1) is 8.25. The van der Waals surface area contributed by atoms with Crippen molar-refractivity contribution in [1.82, 2.24) is 15.5 Å². The smallest absolute Gasteiger partial charge is 0.237 e. The van der Waals surface area contributed by atoms with Gasteiger partial charge in [0.25, 0.3) is 0 Å². The van der Waals surface area contributed by atoms with Crippen molar-refractivity contribution in [2.45, 2.75) is 38.1 Å². The summed E-state index contributed by atoms with van der Waals surface area (Å²) < 4.78 is 0. The molecule has 0 saturated carbocycles. The number of carbonyl (C=O) groups is 1. The topological polar surface area (TPSA) is 44.4 Å². The van der Waals surface area contributed by atoms with E-state index in [2.05, 4.69) is 22.6 Å². The summed E-state index contributed by atoms with van der Waals surface area (Å²) in [7, 11) is 2.19. The predicted octanol–water partition coefficient (Wildman–Crippen LogP) is 0.587. The molecule has 4 heteroatoms. The molecule has 2 fully saturated rings. The number of nitrogens with one attached hydrogen (secondary N) is 2. The lowest BCUT2D eigenvalue weighted by atomic mass is 9.98. The molecule has 0 bridgehead atoms. The van der Waals surface area contributed by atoms with Gasteiger partial charge in [0, 0.05) is 13.1 Å². The van der Waals surface area contributed by atoms with E-state index in [1.807, 2.05) is 0 Å². The van der Waals surface area contributed by atoms with Gasteiger partial charge in [-0.2, -0.15) is 0 Å². The van der Waals surface area contributed by atoms with Crippen LogP contribution in [0.1, 0.15) is 32.1 Å². The second-order valence-corrected chi connectivity index (χ2v) is 5.52. The normalized spacial score (nSPS) is 31.9. The van der Waals surface area contributed by atoms with Crippen LogP contribution in [-0.2, 0) is 4.79 Å². The lowest BCUT2D eigenvalue weighted by Crippen LogP contribution is -2.46. The second kappa shape index (κ2) is 6.36. The van der Waals surface area contributed by atoms with Gasteiger partial charge in [-0.05, 0) is 58.2 Å². The fourth-order valence-corrected chi connectivity index (χ4v) is 2.88. The fraction of sp³-hybridized carbons (Fsp3) is 0.923. The highest BCUT2D eigenvalue weighted by atomic mass is 16.2. The minimum absolute atomic E-state index is 0.0460. The molecule has 0 aromatic heterocycles. The Morgan fingerprint density at radius 2 is 2.24 bits per heavy atom. The zero-order valence-corrected chi connectivity index (χ0v) is 10.9. The van der Waals surface area contributed by atoms with Gasteiger partial charge >= 0.3 is 0 Å². The SMILES string of the molecule is CN1CCCC(CNC2CCCCNC2=O)C1. The van der Waals surface area contributed by atoms with Gasteiger partial charge in [0.2, 0.25) is 5.91 Å². The van der Waals surface area contributed by atoms with Gasteiger partial charge in [-0.15, -0.1) is 0 Å². The molecule has 2 saturated heterocycles. The molecule has 0 aromatic rings. The van der Waals surface area contributed by atoms with Crippen LogP contribution in [0, 0.1) is 5.92 Å². The van der Waals surface area contributed by atoms with Crippen LogP contribution in [0.3, 0.4) is 0 Å². The molecule has 0 spiro atoms. The van der Waals surface area contributed by atoms with Crippen molar-refractivity contribution in [3.63, 3.8) is 0 Å². The quantitative estimate of drug-likeness (QED) is 0.757. The maximum Gasteiger partial charge on any atom is 0.237 e. The first kappa shape index (κ1) is 12.8. The summed E-state index contributed by atoms with van der Waals surface area (Å²) in [5.41, 5.74) is 0. The van der Waals surface area contributed by atoms with Crippen molar-refractivity contribution in [2.24, 2.45) is 5.92 Å². The Hall–Kier alpha value is -0.610. The van der Waals surface area contributed by atoms with E-state index in [0.29, 0.717) is 5.92 Å². The molecule has 2 rings (SSSR count). The summed E-state index contributed by atoms with van der Waals surface area (Å²) >= 11 is 0. The molecule has 2 N–H and O–H groups in total. The minimum atomic E-state index is 0.0460. The minimum Gasteiger partial charge on any atom is -0.355 e. The van der Waals surface area contributed by atoms with Crippen LogP contribution < -0.4 is 10.6 Å². The molecule has 0 aromatic carbocycles. The molecule has 2 heterocycles.